The molecule has 2 heterocycles. The number of carbonyl (C=O) groups is 1. The summed E-state index contributed by atoms with van der Waals surface area (Å²) in [6, 6.07) is 5.70. The summed E-state index contributed by atoms with van der Waals surface area (Å²) in [4.78, 5) is 25.0. The van der Waals surface area contributed by atoms with Crippen LogP contribution < -0.4 is 5.32 Å². The average molecular weight is 303 g/mol. The molecule has 2 aliphatic rings. The van der Waals surface area contributed by atoms with Gasteiger partial charge in [0.1, 0.15) is 0 Å². The Kier molecular flexibility index (Phi) is 3.87. The van der Waals surface area contributed by atoms with Crippen LogP contribution in [0.1, 0.15) is 41.6 Å². The molecular formula is C16H21N3O3. The fourth-order valence-corrected chi connectivity index (χ4v) is 3.65. The number of hydrogen-bond acceptors (Lipinski definition) is 4. The lowest BCUT2D eigenvalue weighted by molar-refractivity contribution is -0.384. The summed E-state index contributed by atoms with van der Waals surface area (Å²) < 4.78 is 0. The van der Waals surface area contributed by atoms with E-state index in [9.17, 15) is 14.9 Å². The van der Waals surface area contributed by atoms with Gasteiger partial charge in [0.25, 0.3) is 11.6 Å². The van der Waals surface area contributed by atoms with Gasteiger partial charge in [0.2, 0.25) is 0 Å². The molecule has 1 aromatic carbocycles. The van der Waals surface area contributed by atoms with E-state index in [1.165, 1.54) is 25.0 Å². The van der Waals surface area contributed by atoms with Crippen LogP contribution in [-0.2, 0) is 0 Å². The second kappa shape index (κ2) is 5.68. The van der Waals surface area contributed by atoms with Crippen LogP contribution in [0.15, 0.2) is 18.2 Å². The van der Waals surface area contributed by atoms with E-state index in [1.807, 2.05) is 14.0 Å². The molecule has 1 aromatic rings. The predicted octanol–water partition coefficient (Wildman–Crippen LogP) is 2.26. The minimum absolute atomic E-state index is 0.0345. The number of nitro groups is 1. The third-order valence-corrected chi connectivity index (χ3v) is 4.98. The molecular weight excluding hydrogens is 282 g/mol. The number of non-ortho nitro benzene ring substituents is 1. The maximum atomic E-state index is 12.8. The van der Waals surface area contributed by atoms with Gasteiger partial charge in [0.05, 0.1) is 4.92 Å². The highest BCUT2D eigenvalue weighted by atomic mass is 16.6. The van der Waals surface area contributed by atoms with Crippen LogP contribution in [0.25, 0.3) is 0 Å². The minimum Gasteiger partial charge on any atom is -0.339 e. The molecule has 1 amide bonds. The van der Waals surface area contributed by atoms with Crippen molar-refractivity contribution in [1.29, 1.82) is 0 Å². The molecule has 2 saturated heterocycles. The highest BCUT2D eigenvalue weighted by Gasteiger charge is 2.36. The molecule has 0 radical (unpaired) electrons. The van der Waals surface area contributed by atoms with Gasteiger partial charge in [-0.3, -0.25) is 14.9 Å². The van der Waals surface area contributed by atoms with Crippen LogP contribution in [0.5, 0.6) is 0 Å². The van der Waals surface area contributed by atoms with Crippen LogP contribution in [0, 0.1) is 17.0 Å². The van der Waals surface area contributed by atoms with E-state index in [4.69, 9.17) is 0 Å². The number of piperidine rings is 1. The van der Waals surface area contributed by atoms with E-state index in [2.05, 4.69) is 5.32 Å². The first-order valence-corrected chi connectivity index (χ1v) is 7.74. The predicted molar refractivity (Wildman–Crippen MR) is 82.9 cm³/mol. The molecule has 2 unspecified atom stereocenters. The van der Waals surface area contributed by atoms with Gasteiger partial charge in [-0.05, 0) is 38.2 Å². The molecule has 0 aliphatic carbocycles. The summed E-state index contributed by atoms with van der Waals surface area (Å²) >= 11 is 0. The second-order valence-corrected chi connectivity index (χ2v) is 6.44. The monoisotopic (exact) mass is 303 g/mol. The Balaban J connectivity index is 1.81. The zero-order valence-electron chi connectivity index (χ0n) is 12.9. The van der Waals surface area contributed by atoms with E-state index < -0.39 is 4.92 Å². The molecule has 2 bridgehead atoms. The van der Waals surface area contributed by atoms with Crippen LogP contribution >= 0.6 is 0 Å². The largest absolute Gasteiger partial charge is 0.339 e. The number of hydrogen-bond donors (Lipinski definition) is 1. The zero-order chi connectivity index (χ0) is 15.9. The molecule has 0 spiro atoms. The van der Waals surface area contributed by atoms with Gasteiger partial charge in [-0.25, -0.2) is 0 Å². The highest BCUT2D eigenvalue weighted by molar-refractivity contribution is 5.96. The molecule has 2 fully saturated rings. The number of nitrogens with zero attached hydrogens (tertiary/aromatic N) is 2. The lowest BCUT2D eigenvalue weighted by Crippen LogP contribution is -2.48. The zero-order valence-corrected chi connectivity index (χ0v) is 12.9. The van der Waals surface area contributed by atoms with Crippen molar-refractivity contribution < 1.29 is 9.72 Å². The second-order valence-electron chi connectivity index (χ2n) is 6.44. The number of amides is 1. The summed E-state index contributed by atoms with van der Waals surface area (Å²) in [5.74, 6) is -0.118. The maximum absolute atomic E-state index is 12.8. The number of fused-ring (bicyclic) bond motifs is 2. The lowest BCUT2D eigenvalue weighted by Gasteiger charge is -2.35. The first kappa shape index (κ1) is 15.0. The number of aryl methyl sites for hydroxylation is 1. The highest BCUT2D eigenvalue weighted by Crippen LogP contribution is 2.30. The Labute approximate surface area is 129 Å². The third kappa shape index (κ3) is 2.70. The Hall–Kier alpha value is -1.95. The van der Waals surface area contributed by atoms with Crippen molar-refractivity contribution in [3.8, 4) is 0 Å². The van der Waals surface area contributed by atoms with Gasteiger partial charge >= 0.3 is 0 Å². The lowest BCUT2D eigenvalue weighted by atomic mass is 9.97. The summed E-state index contributed by atoms with van der Waals surface area (Å²) in [6.45, 7) is 1.82. The molecule has 2 atom stereocenters. The SMILES string of the molecule is Cc1ccc([N+](=O)[O-])cc1C(=O)N(C)C1CC2CCC(C1)N2. The smallest absolute Gasteiger partial charge is 0.270 e. The first-order valence-electron chi connectivity index (χ1n) is 7.74. The molecule has 6 nitrogen and oxygen atoms in total. The Morgan fingerprint density at radius 2 is 1.95 bits per heavy atom. The van der Waals surface area contributed by atoms with Gasteiger partial charge in [0.15, 0.2) is 0 Å². The summed E-state index contributed by atoms with van der Waals surface area (Å²) in [6.07, 6.45) is 4.29. The number of carbonyl (C=O) groups excluding carboxylic acids is 1. The molecule has 1 N–H and O–H groups in total. The van der Waals surface area contributed by atoms with Crippen molar-refractivity contribution >= 4 is 11.6 Å². The van der Waals surface area contributed by atoms with Gasteiger partial charge < -0.3 is 10.2 Å². The van der Waals surface area contributed by atoms with Crippen LogP contribution in [0.3, 0.4) is 0 Å². The quantitative estimate of drug-likeness (QED) is 0.686. The van der Waals surface area contributed by atoms with Crippen molar-refractivity contribution in [2.24, 2.45) is 0 Å². The molecule has 118 valence electrons. The Bertz CT molecular complexity index is 605. The maximum Gasteiger partial charge on any atom is 0.270 e. The minimum atomic E-state index is -0.457. The van der Waals surface area contributed by atoms with E-state index in [0.717, 1.165) is 18.4 Å². The molecule has 0 aromatic heterocycles. The van der Waals surface area contributed by atoms with E-state index in [-0.39, 0.29) is 17.6 Å². The van der Waals surface area contributed by atoms with Crippen molar-refractivity contribution in [2.75, 3.05) is 7.05 Å². The average Bonchev–Trinajstić information content (AvgIpc) is 2.84. The van der Waals surface area contributed by atoms with Crippen molar-refractivity contribution in [3.63, 3.8) is 0 Å². The van der Waals surface area contributed by atoms with E-state index >= 15 is 0 Å². The van der Waals surface area contributed by atoms with E-state index in [1.54, 1.807) is 11.0 Å². The molecule has 6 heteroatoms. The number of nitrogens with one attached hydrogen (secondary N) is 1. The normalized spacial score (nSPS) is 26.7. The van der Waals surface area contributed by atoms with Gasteiger partial charge in [-0.15, -0.1) is 0 Å². The summed E-state index contributed by atoms with van der Waals surface area (Å²) in [5.41, 5.74) is 1.18. The van der Waals surface area contributed by atoms with Gasteiger partial charge in [-0.1, -0.05) is 6.07 Å². The van der Waals surface area contributed by atoms with Gasteiger partial charge in [-0.2, -0.15) is 0 Å². The van der Waals surface area contributed by atoms with Crippen molar-refractivity contribution in [1.82, 2.24) is 10.2 Å². The van der Waals surface area contributed by atoms with Crippen LogP contribution in [0.4, 0.5) is 5.69 Å². The van der Waals surface area contributed by atoms with Crippen molar-refractivity contribution in [3.05, 3.63) is 39.4 Å². The van der Waals surface area contributed by atoms with Gasteiger partial charge in [0, 0.05) is 42.9 Å². The number of benzene rings is 1. The fraction of sp³-hybridized carbons (Fsp3) is 0.562. The third-order valence-electron chi connectivity index (χ3n) is 4.98. The Morgan fingerprint density at radius 3 is 2.55 bits per heavy atom. The molecule has 3 rings (SSSR count). The number of rotatable bonds is 3. The number of nitro benzene ring substituents is 1. The summed E-state index contributed by atoms with van der Waals surface area (Å²) in [7, 11) is 1.82. The van der Waals surface area contributed by atoms with E-state index in [0.29, 0.717) is 17.6 Å². The standard InChI is InChI=1S/C16H21N3O3/c1-10-3-6-13(19(21)22)9-15(10)16(20)18(2)14-7-11-4-5-12(8-14)17-11/h3,6,9,11-12,14,17H,4-5,7-8H2,1-2H3. The summed E-state index contributed by atoms with van der Waals surface area (Å²) in [5, 5.41) is 14.5. The molecule has 22 heavy (non-hydrogen) atoms. The Morgan fingerprint density at radius 1 is 1.32 bits per heavy atom. The van der Waals surface area contributed by atoms with Crippen LogP contribution in [-0.4, -0.2) is 40.9 Å². The van der Waals surface area contributed by atoms with Crippen LogP contribution in [0.2, 0.25) is 0 Å². The fourth-order valence-electron chi connectivity index (χ4n) is 3.65. The molecule has 2 aliphatic heterocycles. The topological polar surface area (TPSA) is 75.5 Å². The first-order chi connectivity index (χ1) is 10.5. The molecule has 0 saturated carbocycles. The van der Waals surface area contributed by atoms with Crippen molar-refractivity contribution in [2.45, 2.75) is 50.7 Å².